The van der Waals surface area contributed by atoms with Crippen molar-refractivity contribution in [1.82, 2.24) is 0 Å². The van der Waals surface area contributed by atoms with Crippen LogP contribution in [-0.4, -0.2) is 48.6 Å². The highest BCUT2D eigenvalue weighted by Gasteiger charge is 2.13. The van der Waals surface area contributed by atoms with E-state index in [2.05, 4.69) is 0 Å². The van der Waals surface area contributed by atoms with Crippen molar-refractivity contribution in [3.8, 4) is 23.0 Å². The molecule has 8 nitrogen and oxygen atoms in total. The zero-order valence-electron chi connectivity index (χ0n) is 18.0. The van der Waals surface area contributed by atoms with E-state index in [1.807, 2.05) is 0 Å². The first kappa shape index (κ1) is 24.6. The van der Waals surface area contributed by atoms with Crippen LogP contribution in [0.2, 0.25) is 0 Å². The maximum absolute atomic E-state index is 11.5. The number of ether oxygens (including phenoxy) is 4. The molecule has 0 atom stereocenters. The van der Waals surface area contributed by atoms with Gasteiger partial charge in [0.25, 0.3) is 0 Å². The zero-order valence-corrected chi connectivity index (χ0v) is 18.0. The number of rotatable bonds is 6. The predicted molar refractivity (Wildman–Crippen MR) is 110 cm³/mol. The van der Waals surface area contributed by atoms with Crippen LogP contribution in [0.3, 0.4) is 0 Å². The molecule has 0 spiro atoms. The molecular weight excluding hydrogens is 392 g/mol. The first-order valence-corrected chi connectivity index (χ1v) is 9.25. The average molecular weight is 420 g/mol. The molecule has 8 heteroatoms. The summed E-state index contributed by atoms with van der Waals surface area (Å²) in [7, 11) is 2.85. The molecule has 2 rings (SSSR count). The Morgan fingerprint density at radius 2 is 1.03 bits per heavy atom. The molecule has 0 fully saturated rings. The number of hydrogen-bond acceptors (Lipinski definition) is 8. The van der Waals surface area contributed by atoms with Crippen LogP contribution in [0, 0.1) is 0 Å². The van der Waals surface area contributed by atoms with Gasteiger partial charge in [-0.3, -0.25) is 0 Å². The van der Waals surface area contributed by atoms with Crippen molar-refractivity contribution in [2.24, 2.45) is 0 Å². The SMILES string of the molecule is COc1cc(C(=O)OC(C)C)ccc1O.COc1cc(C(=O)OC(C)C)ccc1O. The van der Waals surface area contributed by atoms with E-state index in [1.165, 1.54) is 50.6 Å². The summed E-state index contributed by atoms with van der Waals surface area (Å²) in [5.74, 6) is -0.342. The highest BCUT2D eigenvalue weighted by molar-refractivity contribution is 5.90. The lowest BCUT2D eigenvalue weighted by Gasteiger charge is -2.09. The summed E-state index contributed by atoms with van der Waals surface area (Å²) >= 11 is 0. The van der Waals surface area contributed by atoms with Crippen LogP contribution in [0.4, 0.5) is 0 Å². The Morgan fingerprint density at radius 1 is 0.700 bits per heavy atom. The van der Waals surface area contributed by atoms with Crippen molar-refractivity contribution < 1.29 is 38.7 Å². The molecule has 0 saturated carbocycles. The van der Waals surface area contributed by atoms with Gasteiger partial charge in [0.15, 0.2) is 23.0 Å². The topological polar surface area (TPSA) is 112 Å². The molecule has 0 saturated heterocycles. The second-order valence-electron chi connectivity index (χ2n) is 6.68. The van der Waals surface area contributed by atoms with E-state index in [4.69, 9.17) is 18.9 Å². The second kappa shape index (κ2) is 11.5. The number of carbonyl (C=O) groups is 2. The fourth-order valence-electron chi connectivity index (χ4n) is 2.17. The van der Waals surface area contributed by atoms with E-state index in [-0.39, 0.29) is 35.2 Å². The monoisotopic (exact) mass is 420 g/mol. The molecule has 0 aliphatic heterocycles. The van der Waals surface area contributed by atoms with Crippen molar-refractivity contribution in [3.05, 3.63) is 47.5 Å². The largest absolute Gasteiger partial charge is 0.504 e. The van der Waals surface area contributed by atoms with E-state index in [9.17, 15) is 19.8 Å². The van der Waals surface area contributed by atoms with Gasteiger partial charge in [-0.25, -0.2) is 9.59 Å². The van der Waals surface area contributed by atoms with Crippen LogP contribution in [0.1, 0.15) is 48.4 Å². The number of methoxy groups -OCH3 is 2. The molecule has 0 aliphatic carbocycles. The van der Waals surface area contributed by atoms with Crippen molar-refractivity contribution in [2.75, 3.05) is 14.2 Å². The highest BCUT2D eigenvalue weighted by Crippen LogP contribution is 2.27. The molecule has 2 N–H and O–H groups in total. The summed E-state index contributed by atoms with van der Waals surface area (Å²) in [4.78, 5) is 23.0. The van der Waals surface area contributed by atoms with E-state index < -0.39 is 11.9 Å². The van der Waals surface area contributed by atoms with Gasteiger partial charge in [0.2, 0.25) is 0 Å². The maximum Gasteiger partial charge on any atom is 0.338 e. The van der Waals surface area contributed by atoms with Crippen molar-refractivity contribution in [2.45, 2.75) is 39.9 Å². The molecule has 0 radical (unpaired) electrons. The van der Waals surface area contributed by atoms with Gasteiger partial charge in [-0.15, -0.1) is 0 Å². The van der Waals surface area contributed by atoms with Crippen molar-refractivity contribution >= 4 is 11.9 Å². The first-order chi connectivity index (χ1) is 14.1. The zero-order chi connectivity index (χ0) is 22.8. The first-order valence-electron chi connectivity index (χ1n) is 9.25. The van der Waals surface area contributed by atoms with Crippen LogP contribution in [0.5, 0.6) is 23.0 Å². The predicted octanol–water partition coefficient (Wildman–Crippen LogP) is 3.93. The van der Waals surface area contributed by atoms with Crippen LogP contribution in [0.15, 0.2) is 36.4 Å². The smallest absolute Gasteiger partial charge is 0.338 e. The summed E-state index contributed by atoms with van der Waals surface area (Å²) in [5, 5.41) is 18.6. The summed E-state index contributed by atoms with van der Waals surface area (Å²) in [6, 6.07) is 8.66. The van der Waals surface area contributed by atoms with Crippen LogP contribution in [0.25, 0.3) is 0 Å². The number of aromatic hydroxyl groups is 2. The van der Waals surface area contributed by atoms with Gasteiger partial charge in [0, 0.05) is 0 Å². The molecule has 0 aliphatic rings. The molecule has 0 unspecified atom stereocenters. The molecule has 2 aromatic carbocycles. The molecule has 0 aromatic heterocycles. The minimum Gasteiger partial charge on any atom is -0.504 e. The molecule has 0 amide bonds. The summed E-state index contributed by atoms with van der Waals surface area (Å²) in [6.45, 7) is 7.09. The third kappa shape index (κ3) is 7.54. The fraction of sp³-hybridized carbons (Fsp3) is 0.364. The third-order valence-corrected chi connectivity index (χ3v) is 3.52. The molecule has 30 heavy (non-hydrogen) atoms. The maximum atomic E-state index is 11.5. The van der Waals surface area contributed by atoms with E-state index in [1.54, 1.807) is 27.7 Å². The van der Waals surface area contributed by atoms with E-state index in [0.29, 0.717) is 11.1 Å². The van der Waals surface area contributed by atoms with Crippen LogP contribution < -0.4 is 9.47 Å². The number of carbonyl (C=O) groups excluding carboxylic acids is 2. The minimum absolute atomic E-state index is 0.00130. The Kier molecular flexibility index (Phi) is 9.48. The Bertz CT molecular complexity index is 787. The van der Waals surface area contributed by atoms with E-state index in [0.717, 1.165) is 0 Å². The van der Waals surface area contributed by atoms with Gasteiger partial charge in [0.05, 0.1) is 37.6 Å². The van der Waals surface area contributed by atoms with Crippen LogP contribution in [-0.2, 0) is 9.47 Å². The number of phenols is 2. The summed E-state index contributed by atoms with van der Waals surface area (Å²) in [6.07, 6.45) is -0.338. The average Bonchev–Trinajstić information content (AvgIpc) is 2.68. The van der Waals surface area contributed by atoms with Crippen molar-refractivity contribution in [3.63, 3.8) is 0 Å². The normalized spacial score (nSPS) is 10.1. The number of hydrogen-bond donors (Lipinski definition) is 2. The number of esters is 2. The third-order valence-electron chi connectivity index (χ3n) is 3.52. The fourth-order valence-corrected chi connectivity index (χ4v) is 2.17. The van der Waals surface area contributed by atoms with Gasteiger partial charge in [-0.1, -0.05) is 0 Å². The number of phenolic OH excluding ortho intramolecular Hbond substituents is 2. The van der Waals surface area contributed by atoms with Crippen molar-refractivity contribution in [1.29, 1.82) is 0 Å². The Hall–Kier alpha value is -3.42. The molecule has 164 valence electrons. The van der Waals surface area contributed by atoms with Crippen LogP contribution >= 0.6 is 0 Å². The Labute approximate surface area is 176 Å². The summed E-state index contributed by atoms with van der Waals surface area (Å²) < 4.78 is 19.8. The highest BCUT2D eigenvalue weighted by atomic mass is 16.5. The van der Waals surface area contributed by atoms with Gasteiger partial charge >= 0.3 is 11.9 Å². The Morgan fingerprint density at radius 3 is 1.30 bits per heavy atom. The summed E-state index contributed by atoms with van der Waals surface area (Å²) in [5.41, 5.74) is 0.719. The lowest BCUT2D eigenvalue weighted by Crippen LogP contribution is -2.11. The standard InChI is InChI=1S/2C11H14O4/c2*1-7(2)15-11(13)8-4-5-9(12)10(6-8)14-3/h2*4-7,12H,1-3H3. The molecule has 2 aromatic rings. The lowest BCUT2D eigenvalue weighted by atomic mass is 10.2. The quantitative estimate of drug-likeness (QED) is 0.676. The second-order valence-corrected chi connectivity index (χ2v) is 6.68. The lowest BCUT2D eigenvalue weighted by molar-refractivity contribution is 0.0366. The molecular formula is C22H28O8. The van der Waals surface area contributed by atoms with Gasteiger partial charge in [-0.2, -0.15) is 0 Å². The van der Waals surface area contributed by atoms with Gasteiger partial charge in [0.1, 0.15) is 0 Å². The van der Waals surface area contributed by atoms with Gasteiger partial charge in [-0.05, 0) is 64.1 Å². The van der Waals surface area contributed by atoms with E-state index >= 15 is 0 Å². The van der Waals surface area contributed by atoms with Gasteiger partial charge < -0.3 is 29.2 Å². The molecule has 0 bridgehead atoms. The Balaban J connectivity index is 0.000000300. The number of benzene rings is 2. The molecule has 0 heterocycles. The minimum atomic E-state index is -0.427.